The smallest absolute Gasteiger partial charge is 0.253 e. The summed E-state index contributed by atoms with van der Waals surface area (Å²) >= 11 is 0. The van der Waals surface area contributed by atoms with Gasteiger partial charge in [-0.25, -0.2) is 0 Å². The molecule has 2 amide bonds. The Morgan fingerprint density at radius 3 is 2.52 bits per heavy atom. The molecule has 2 aliphatic heterocycles. The number of carbonyl (C=O) groups excluding carboxylic acids is 2. The fraction of sp³-hybridized carbons (Fsp3) is 0.481. The van der Waals surface area contributed by atoms with Gasteiger partial charge >= 0.3 is 0 Å². The van der Waals surface area contributed by atoms with Crippen LogP contribution in [0, 0.1) is 0 Å². The fourth-order valence-electron chi connectivity index (χ4n) is 5.09. The Bertz CT molecular complexity index is 954. The number of hydrogen-bond donors (Lipinski definition) is 0. The van der Waals surface area contributed by atoms with Gasteiger partial charge in [0.2, 0.25) is 5.91 Å². The summed E-state index contributed by atoms with van der Waals surface area (Å²) in [5, 5.41) is 0. The first-order valence-corrected chi connectivity index (χ1v) is 12.2. The van der Waals surface area contributed by atoms with Crippen LogP contribution in [0.5, 0.6) is 5.75 Å². The van der Waals surface area contributed by atoms with Crippen molar-refractivity contribution in [3.8, 4) is 5.75 Å². The van der Waals surface area contributed by atoms with Crippen molar-refractivity contribution < 1.29 is 14.3 Å². The van der Waals surface area contributed by atoms with E-state index in [0.29, 0.717) is 12.6 Å². The molecule has 4 rings (SSSR count). The van der Waals surface area contributed by atoms with Crippen LogP contribution in [0.1, 0.15) is 48.5 Å². The Morgan fingerprint density at radius 1 is 1.06 bits per heavy atom. The third-order valence-electron chi connectivity index (χ3n) is 6.84. The summed E-state index contributed by atoms with van der Waals surface area (Å²) in [6.45, 7) is 5.72. The third-order valence-corrected chi connectivity index (χ3v) is 6.84. The molecule has 176 valence electrons. The highest BCUT2D eigenvalue weighted by molar-refractivity contribution is 5.96. The number of amides is 2. The van der Waals surface area contributed by atoms with E-state index in [1.165, 1.54) is 5.56 Å². The van der Waals surface area contributed by atoms with Crippen molar-refractivity contribution in [2.24, 2.45) is 0 Å². The molecule has 0 spiro atoms. The molecule has 0 unspecified atom stereocenters. The quantitative estimate of drug-likeness (QED) is 0.641. The Hall–Kier alpha value is -2.86. The molecule has 0 radical (unpaired) electrons. The van der Waals surface area contributed by atoms with Gasteiger partial charge in [0.05, 0.1) is 13.7 Å². The van der Waals surface area contributed by atoms with Crippen molar-refractivity contribution >= 4 is 17.5 Å². The molecule has 2 aliphatic rings. The van der Waals surface area contributed by atoms with Crippen molar-refractivity contribution in [1.29, 1.82) is 0 Å². The number of piperidine rings is 1. The number of fused-ring (bicyclic) bond motifs is 1. The zero-order valence-electron chi connectivity index (χ0n) is 19.8. The van der Waals surface area contributed by atoms with Gasteiger partial charge in [0.1, 0.15) is 5.75 Å². The van der Waals surface area contributed by atoms with Crippen LogP contribution in [-0.4, -0.2) is 67.5 Å². The highest BCUT2D eigenvalue weighted by atomic mass is 16.5. The molecule has 6 nitrogen and oxygen atoms in total. The highest BCUT2D eigenvalue weighted by Gasteiger charge is 2.30. The lowest BCUT2D eigenvalue weighted by Crippen LogP contribution is -2.50. The average molecular weight is 450 g/mol. The maximum Gasteiger partial charge on any atom is 0.253 e. The monoisotopic (exact) mass is 449 g/mol. The molecule has 2 aromatic rings. The third kappa shape index (κ3) is 5.38. The first kappa shape index (κ1) is 23.3. The van der Waals surface area contributed by atoms with E-state index in [-0.39, 0.29) is 11.8 Å². The number of nitrogens with zero attached hydrogens (tertiary/aromatic N) is 3. The number of carbonyl (C=O) groups is 2. The minimum atomic E-state index is 0.104. The number of methoxy groups -OCH3 is 1. The number of anilines is 1. The maximum atomic E-state index is 13.4. The van der Waals surface area contributed by atoms with Gasteiger partial charge in [-0.2, -0.15) is 0 Å². The van der Waals surface area contributed by atoms with Crippen LogP contribution in [0.25, 0.3) is 0 Å². The van der Waals surface area contributed by atoms with Crippen molar-refractivity contribution in [3.05, 3.63) is 59.7 Å². The predicted molar refractivity (Wildman–Crippen MR) is 131 cm³/mol. The minimum Gasteiger partial charge on any atom is -0.497 e. The van der Waals surface area contributed by atoms with Gasteiger partial charge in [-0.15, -0.1) is 0 Å². The Morgan fingerprint density at radius 2 is 1.82 bits per heavy atom. The van der Waals surface area contributed by atoms with Gasteiger partial charge in [-0.05, 0) is 74.5 Å². The first-order chi connectivity index (χ1) is 16.1. The molecule has 0 N–H and O–H groups in total. The van der Waals surface area contributed by atoms with Crippen molar-refractivity contribution in [3.63, 3.8) is 0 Å². The van der Waals surface area contributed by atoms with E-state index in [2.05, 4.69) is 17.9 Å². The van der Waals surface area contributed by atoms with Crippen LogP contribution in [0.2, 0.25) is 0 Å². The molecule has 6 heteroatoms. The summed E-state index contributed by atoms with van der Waals surface area (Å²) in [5.74, 6) is 1.11. The SMILES string of the molecule is CCCN(CC(=O)N1CCCc2cc(OC)ccc21)C1CCN(C(=O)c2ccccc2)CC1. The Labute approximate surface area is 197 Å². The summed E-state index contributed by atoms with van der Waals surface area (Å²) in [7, 11) is 1.68. The second-order valence-electron chi connectivity index (χ2n) is 9.00. The molecule has 2 aromatic carbocycles. The molecule has 0 bridgehead atoms. The first-order valence-electron chi connectivity index (χ1n) is 12.2. The average Bonchev–Trinajstić information content (AvgIpc) is 2.87. The molecular weight excluding hydrogens is 414 g/mol. The van der Waals surface area contributed by atoms with Crippen molar-refractivity contribution in [2.75, 3.05) is 44.7 Å². The minimum absolute atomic E-state index is 0.104. The van der Waals surface area contributed by atoms with Crippen molar-refractivity contribution in [2.45, 2.75) is 45.1 Å². The van der Waals surface area contributed by atoms with Gasteiger partial charge in [-0.3, -0.25) is 14.5 Å². The number of ether oxygens (including phenoxy) is 1. The largest absolute Gasteiger partial charge is 0.497 e. The summed E-state index contributed by atoms with van der Waals surface area (Å²) in [6, 6.07) is 15.8. The number of likely N-dealkylation sites (tertiary alicyclic amines) is 1. The zero-order valence-corrected chi connectivity index (χ0v) is 19.8. The number of benzene rings is 2. The highest BCUT2D eigenvalue weighted by Crippen LogP contribution is 2.31. The summed E-state index contributed by atoms with van der Waals surface area (Å²) in [5.41, 5.74) is 2.95. The van der Waals surface area contributed by atoms with Crippen LogP contribution in [-0.2, 0) is 11.2 Å². The lowest BCUT2D eigenvalue weighted by molar-refractivity contribution is -0.120. The van der Waals surface area contributed by atoms with E-state index < -0.39 is 0 Å². The van der Waals surface area contributed by atoms with E-state index in [4.69, 9.17) is 4.74 Å². The van der Waals surface area contributed by atoms with Crippen LogP contribution in [0.3, 0.4) is 0 Å². The Balaban J connectivity index is 1.39. The van der Waals surface area contributed by atoms with E-state index >= 15 is 0 Å². The molecule has 0 saturated carbocycles. The van der Waals surface area contributed by atoms with Crippen molar-refractivity contribution in [1.82, 2.24) is 9.80 Å². The number of rotatable bonds is 7. The second kappa shape index (κ2) is 10.8. The molecule has 1 saturated heterocycles. The normalized spacial score (nSPS) is 16.6. The van der Waals surface area contributed by atoms with Gasteiger partial charge < -0.3 is 14.5 Å². The van der Waals surface area contributed by atoms with E-state index in [1.807, 2.05) is 52.3 Å². The van der Waals surface area contributed by atoms with Crippen LogP contribution in [0.15, 0.2) is 48.5 Å². The molecular formula is C27H35N3O3. The van der Waals surface area contributed by atoms with E-state index in [9.17, 15) is 9.59 Å². The summed E-state index contributed by atoms with van der Waals surface area (Å²) in [6.07, 6.45) is 4.76. The fourth-order valence-corrected chi connectivity index (χ4v) is 5.09. The number of hydrogen-bond acceptors (Lipinski definition) is 4. The van der Waals surface area contributed by atoms with Gasteiger partial charge in [0, 0.05) is 36.9 Å². The molecule has 0 aromatic heterocycles. The maximum absolute atomic E-state index is 13.4. The lowest BCUT2D eigenvalue weighted by Gasteiger charge is -2.39. The molecule has 1 fully saturated rings. The summed E-state index contributed by atoms with van der Waals surface area (Å²) < 4.78 is 5.37. The molecule has 2 heterocycles. The summed E-state index contributed by atoms with van der Waals surface area (Å²) in [4.78, 5) is 32.4. The standard InChI is InChI=1S/C27H35N3O3/c1-3-15-29(23-13-17-28(18-14-23)27(32)21-8-5-4-6-9-21)20-26(31)30-16-7-10-22-19-24(33-2)11-12-25(22)30/h4-6,8-9,11-12,19,23H,3,7,10,13-18,20H2,1-2H3. The van der Waals surface area contributed by atoms with Gasteiger partial charge in [0.15, 0.2) is 0 Å². The van der Waals surface area contributed by atoms with Gasteiger partial charge in [0.25, 0.3) is 5.91 Å². The van der Waals surface area contributed by atoms with E-state index in [0.717, 1.165) is 75.3 Å². The zero-order chi connectivity index (χ0) is 23.2. The molecule has 33 heavy (non-hydrogen) atoms. The van der Waals surface area contributed by atoms with E-state index in [1.54, 1.807) is 7.11 Å². The topological polar surface area (TPSA) is 53.1 Å². The second-order valence-corrected chi connectivity index (χ2v) is 9.00. The lowest BCUT2D eigenvalue weighted by atomic mass is 10.00. The van der Waals surface area contributed by atoms with Crippen LogP contribution in [0.4, 0.5) is 5.69 Å². The Kier molecular flexibility index (Phi) is 7.65. The van der Waals surface area contributed by atoms with Crippen LogP contribution >= 0.6 is 0 Å². The molecule has 0 aliphatic carbocycles. The predicted octanol–water partition coefficient (Wildman–Crippen LogP) is 3.99. The van der Waals surface area contributed by atoms with Gasteiger partial charge in [-0.1, -0.05) is 25.1 Å². The molecule has 0 atom stereocenters. The number of aryl methyl sites for hydroxylation is 1. The van der Waals surface area contributed by atoms with Crippen LogP contribution < -0.4 is 9.64 Å².